The Labute approximate surface area is 268 Å². The molecule has 0 radical (unpaired) electrons. The van der Waals surface area contributed by atoms with Crippen molar-refractivity contribution in [3.63, 3.8) is 0 Å². The molecule has 0 N–H and O–H groups in total. The number of para-hydroxylation sites is 1. The Hall–Kier alpha value is -4.43. The molecular formula is C43H45N2+. The molecule has 0 saturated carbocycles. The monoisotopic (exact) mass is 589 g/mol. The lowest BCUT2D eigenvalue weighted by atomic mass is 9.80. The molecule has 0 fully saturated rings. The minimum Gasteiger partial charge on any atom is -0.308 e. The van der Waals surface area contributed by atoms with Crippen molar-refractivity contribution in [2.24, 2.45) is 7.05 Å². The molecule has 45 heavy (non-hydrogen) atoms. The van der Waals surface area contributed by atoms with E-state index in [2.05, 4.69) is 169 Å². The van der Waals surface area contributed by atoms with Crippen molar-refractivity contribution in [3.8, 4) is 16.9 Å². The highest BCUT2D eigenvalue weighted by Crippen LogP contribution is 2.41. The smallest absolute Gasteiger partial charge is 0.215 e. The number of benzene rings is 5. The number of hydrogen-bond donors (Lipinski definition) is 0. The van der Waals surface area contributed by atoms with E-state index < -0.39 is 0 Å². The number of aromatic nitrogens is 2. The molecule has 0 amide bonds. The van der Waals surface area contributed by atoms with Crippen molar-refractivity contribution >= 4 is 43.5 Å². The first-order valence-corrected chi connectivity index (χ1v) is 16.5. The molecule has 226 valence electrons. The maximum atomic E-state index is 2.52. The van der Waals surface area contributed by atoms with Crippen LogP contribution in [-0.2, 0) is 12.5 Å². The van der Waals surface area contributed by atoms with Gasteiger partial charge in [0, 0.05) is 22.9 Å². The summed E-state index contributed by atoms with van der Waals surface area (Å²) in [7, 11) is 2.22. The highest BCUT2D eigenvalue weighted by atomic mass is 15.0. The third-order valence-corrected chi connectivity index (χ3v) is 9.96. The summed E-state index contributed by atoms with van der Waals surface area (Å²) in [4.78, 5) is 0. The summed E-state index contributed by atoms with van der Waals surface area (Å²) in [6, 6.07) is 36.9. The van der Waals surface area contributed by atoms with Gasteiger partial charge in [0.2, 0.25) is 11.2 Å². The highest BCUT2D eigenvalue weighted by Gasteiger charge is 2.26. The van der Waals surface area contributed by atoms with Crippen LogP contribution in [0.3, 0.4) is 0 Å². The zero-order chi connectivity index (χ0) is 31.8. The maximum Gasteiger partial charge on any atom is 0.215 e. The molecule has 7 rings (SSSR count). The second-order valence-electron chi connectivity index (χ2n) is 14.6. The Balaban J connectivity index is 1.62. The number of fused-ring (bicyclic) bond motifs is 5. The highest BCUT2D eigenvalue weighted by molar-refractivity contribution is 6.11. The molecular weight excluding hydrogens is 544 g/mol. The summed E-state index contributed by atoms with van der Waals surface area (Å²) >= 11 is 0. The average Bonchev–Trinajstić information content (AvgIpc) is 3.34. The Morgan fingerprint density at radius 2 is 1.13 bits per heavy atom. The molecule has 2 heteroatoms. The van der Waals surface area contributed by atoms with Crippen molar-refractivity contribution in [3.05, 3.63) is 119 Å². The van der Waals surface area contributed by atoms with Crippen LogP contribution in [0.5, 0.6) is 0 Å². The summed E-state index contributed by atoms with van der Waals surface area (Å²) in [6.45, 7) is 18.4. The zero-order valence-corrected chi connectivity index (χ0v) is 28.3. The molecule has 0 aliphatic heterocycles. The number of rotatable bonds is 4. The Morgan fingerprint density at radius 1 is 0.600 bits per heavy atom. The van der Waals surface area contributed by atoms with Crippen LogP contribution >= 0.6 is 0 Å². The lowest BCUT2D eigenvalue weighted by Gasteiger charge is -2.24. The fourth-order valence-corrected chi connectivity index (χ4v) is 7.30. The molecule has 2 aromatic heterocycles. The topological polar surface area (TPSA) is 8.81 Å². The molecule has 7 aromatic rings. The van der Waals surface area contributed by atoms with Gasteiger partial charge in [-0.15, -0.1) is 0 Å². The number of hydrogen-bond acceptors (Lipinski definition) is 0. The quantitative estimate of drug-likeness (QED) is 0.181. The Kier molecular flexibility index (Phi) is 6.89. The van der Waals surface area contributed by atoms with Crippen molar-refractivity contribution in [2.75, 3.05) is 0 Å². The van der Waals surface area contributed by atoms with Crippen molar-refractivity contribution in [1.82, 2.24) is 4.57 Å². The van der Waals surface area contributed by atoms with Gasteiger partial charge >= 0.3 is 0 Å². The lowest BCUT2D eigenvalue weighted by Crippen LogP contribution is -2.33. The van der Waals surface area contributed by atoms with E-state index in [0.717, 1.165) is 0 Å². The maximum absolute atomic E-state index is 2.52. The van der Waals surface area contributed by atoms with E-state index in [4.69, 9.17) is 0 Å². The number of pyridine rings is 1. The zero-order valence-electron chi connectivity index (χ0n) is 28.3. The van der Waals surface area contributed by atoms with Gasteiger partial charge in [0.15, 0.2) is 0 Å². The predicted octanol–water partition coefficient (Wildman–Crippen LogP) is 11.4. The summed E-state index contributed by atoms with van der Waals surface area (Å²) in [5.74, 6) is 0.939. The second kappa shape index (κ2) is 10.6. The van der Waals surface area contributed by atoms with Gasteiger partial charge in [-0.1, -0.05) is 97.0 Å². The fraction of sp³-hybridized carbons (Fsp3) is 0.279. The largest absolute Gasteiger partial charge is 0.308 e. The van der Waals surface area contributed by atoms with Crippen LogP contribution in [0.15, 0.2) is 97.1 Å². The van der Waals surface area contributed by atoms with Crippen molar-refractivity contribution < 1.29 is 4.57 Å². The molecule has 2 nitrogen and oxygen atoms in total. The summed E-state index contributed by atoms with van der Waals surface area (Å²) in [6.07, 6.45) is 0. The first-order valence-electron chi connectivity index (χ1n) is 16.5. The van der Waals surface area contributed by atoms with E-state index >= 15 is 0 Å². The van der Waals surface area contributed by atoms with Crippen LogP contribution in [0.2, 0.25) is 0 Å². The lowest BCUT2D eigenvalue weighted by molar-refractivity contribution is -0.633. The fourth-order valence-electron chi connectivity index (χ4n) is 7.30. The van der Waals surface area contributed by atoms with Gasteiger partial charge in [-0.2, -0.15) is 4.57 Å². The van der Waals surface area contributed by atoms with Gasteiger partial charge in [-0.3, -0.25) is 0 Å². The molecule has 0 atom stereocenters. The van der Waals surface area contributed by atoms with E-state index in [-0.39, 0.29) is 5.41 Å². The second-order valence-corrected chi connectivity index (χ2v) is 14.6. The van der Waals surface area contributed by atoms with E-state index in [9.17, 15) is 0 Å². The van der Waals surface area contributed by atoms with Crippen LogP contribution in [0.25, 0.3) is 60.4 Å². The van der Waals surface area contributed by atoms with E-state index in [1.165, 1.54) is 82.7 Å². The van der Waals surface area contributed by atoms with E-state index in [0.29, 0.717) is 11.8 Å². The average molecular weight is 590 g/mol. The van der Waals surface area contributed by atoms with E-state index in [1.807, 2.05) is 0 Å². The third kappa shape index (κ3) is 4.65. The van der Waals surface area contributed by atoms with Gasteiger partial charge in [-0.05, 0) is 93.6 Å². The summed E-state index contributed by atoms with van der Waals surface area (Å²) in [5.41, 5.74) is 12.9. The molecule has 0 bridgehead atoms. The van der Waals surface area contributed by atoms with Crippen LogP contribution < -0.4 is 4.57 Å². The van der Waals surface area contributed by atoms with Crippen LogP contribution in [0.1, 0.15) is 82.6 Å². The van der Waals surface area contributed by atoms with Gasteiger partial charge in [0.25, 0.3) is 0 Å². The number of aryl methyl sites for hydroxylation is 2. The summed E-state index contributed by atoms with van der Waals surface area (Å²) < 4.78 is 4.91. The molecule has 0 aliphatic carbocycles. The molecule has 2 heterocycles. The van der Waals surface area contributed by atoms with Crippen LogP contribution in [-0.4, -0.2) is 4.57 Å². The molecule has 0 saturated heterocycles. The SMILES string of the molecule is Cc1c(-c2cc(-n3c4ccc(C(C)C)cc4c4cc(C(C)C)ccc43)c3ccccc3[n+]2C)cc(C(C)(C)C)c2ccccc12. The van der Waals surface area contributed by atoms with Gasteiger partial charge < -0.3 is 4.57 Å². The van der Waals surface area contributed by atoms with Gasteiger partial charge in [0.1, 0.15) is 7.05 Å². The Morgan fingerprint density at radius 3 is 1.69 bits per heavy atom. The van der Waals surface area contributed by atoms with Crippen LogP contribution in [0.4, 0.5) is 0 Å². The van der Waals surface area contributed by atoms with E-state index in [1.54, 1.807) is 0 Å². The predicted molar refractivity (Wildman–Crippen MR) is 194 cm³/mol. The molecule has 5 aromatic carbocycles. The number of nitrogens with zero attached hydrogens (tertiary/aromatic N) is 2. The minimum absolute atomic E-state index is 0.00931. The summed E-state index contributed by atoms with van der Waals surface area (Å²) in [5, 5.41) is 6.58. The first-order chi connectivity index (χ1) is 21.5. The minimum atomic E-state index is 0.00931. The first kappa shape index (κ1) is 29.3. The normalized spacial score (nSPS) is 12.5. The third-order valence-electron chi connectivity index (χ3n) is 9.96. The molecule has 0 unspecified atom stereocenters. The van der Waals surface area contributed by atoms with Gasteiger partial charge in [0.05, 0.1) is 27.7 Å². The standard InChI is InChI=1S/C43H45N2/c1-26(2)29-18-20-39-35(22-29)36-23-30(27(3)4)19-21-40(36)45(39)42-25-41(44(9)38-17-13-12-16-33(38)42)34-24-37(43(6,7)8)32-15-11-10-14-31(32)28(34)5/h10-27H,1-9H3/q+1. The molecule has 0 spiro atoms. The molecule has 0 aliphatic rings. The van der Waals surface area contributed by atoms with Crippen molar-refractivity contribution in [1.29, 1.82) is 0 Å². The van der Waals surface area contributed by atoms with Crippen molar-refractivity contribution in [2.45, 2.75) is 72.6 Å². The van der Waals surface area contributed by atoms with Gasteiger partial charge in [-0.25, -0.2) is 0 Å². The van der Waals surface area contributed by atoms with Crippen LogP contribution in [0, 0.1) is 6.92 Å². The Bertz CT molecular complexity index is 2210.